The van der Waals surface area contributed by atoms with Gasteiger partial charge in [0.05, 0.1) is 6.07 Å². The Labute approximate surface area is 148 Å². The summed E-state index contributed by atoms with van der Waals surface area (Å²) < 4.78 is 0. The molecule has 1 aliphatic carbocycles. The van der Waals surface area contributed by atoms with Crippen molar-refractivity contribution in [2.45, 2.75) is 64.7 Å². The van der Waals surface area contributed by atoms with E-state index in [1.165, 1.54) is 62.1 Å². The maximum absolute atomic E-state index is 8.42. The van der Waals surface area contributed by atoms with Gasteiger partial charge in [-0.25, -0.2) is 0 Å². The molecule has 1 aromatic rings. The van der Waals surface area contributed by atoms with E-state index in [1.807, 2.05) is 18.2 Å². The molecule has 1 saturated carbocycles. The molecule has 1 aliphatic rings. The molecular weight excluding hydrogens is 290 g/mol. The standard InChI is InChI=1S/C23H31N/c1-2-20-9-11-22(12-10-20)17-18-23-15-13-21(14-16-23)8-6-4-3-5-7-19-24/h3-5,7,9-12,21,23H,2,6,8,13-18H2,1H3. The summed E-state index contributed by atoms with van der Waals surface area (Å²) in [5, 5.41) is 8.42. The lowest BCUT2D eigenvalue weighted by Crippen LogP contribution is -2.15. The molecule has 0 heterocycles. The van der Waals surface area contributed by atoms with E-state index in [-0.39, 0.29) is 0 Å². The Balaban J connectivity index is 1.61. The van der Waals surface area contributed by atoms with Crippen LogP contribution in [0.3, 0.4) is 0 Å². The molecule has 0 saturated heterocycles. The first-order valence-corrected chi connectivity index (χ1v) is 9.61. The normalized spacial score (nSPS) is 21.3. The highest BCUT2D eigenvalue weighted by Gasteiger charge is 2.20. The van der Waals surface area contributed by atoms with Crippen molar-refractivity contribution in [3.8, 4) is 6.07 Å². The maximum Gasteiger partial charge on any atom is 0.0912 e. The summed E-state index contributed by atoms with van der Waals surface area (Å²) in [7, 11) is 0. The fourth-order valence-electron chi connectivity index (χ4n) is 3.73. The first kappa shape index (κ1) is 18.5. The Bertz CT molecular complexity index is 551. The van der Waals surface area contributed by atoms with Crippen LogP contribution in [0, 0.1) is 23.2 Å². The van der Waals surface area contributed by atoms with E-state index in [1.54, 1.807) is 0 Å². The van der Waals surface area contributed by atoms with Gasteiger partial charge in [-0.15, -0.1) is 0 Å². The number of benzene rings is 1. The topological polar surface area (TPSA) is 23.8 Å². The minimum absolute atomic E-state index is 0.912. The zero-order chi connectivity index (χ0) is 17.0. The molecule has 0 bridgehead atoms. The number of nitriles is 1. The first-order valence-electron chi connectivity index (χ1n) is 9.61. The van der Waals surface area contributed by atoms with Gasteiger partial charge in [0.15, 0.2) is 0 Å². The summed E-state index contributed by atoms with van der Waals surface area (Å²) in [4.78, 5) is 0. The van der Waals surface area contributed by atoms with E-state index in [0.717, 1.165) is 24.7 Å². The molecule has 0 atom stereocenters. The van der Waals surface area contributed by atoms with E-state index in [2.05, 4.69) is 37.3 Å². The Morgan fingerprint density at radius 2 is 1.58 bits per heavy atom. The van der Waals surface area contributed by atoms with Crippen LogP contribution in [-0.4, -0.2) is 0 Å². The fraction of sp³-hybridized carbons (Fsp3) is 0.522. The molecule has 0 amide bonds. The van der Waals surface area contributed by atoms with Gasteiger partial charge in [-0.2, -0.15) is 5.26 Å². The van der Waals surface area contributed by atoms with Gasteiger partial charge in [0.25, 0.3) is 0 Å². The third-order valence-electron chi connectivity index (χ3n) is 5.40. The summed E-state index contributed by atoms with van der Waals surface area (Å²) in [5.41, 5.74) is 2.95. The number of allylic oxidation sites excluding steroid dienone is 4. The van der Waals surface area contributed by atoms with Crippen molar-refractivity contribution < 1.29 is 0 Å². The Morgan fingerprint density at radius 3 is 2.21 bits per heavy atom. The van der Waals surface area contributed by atoms with Crippen molar-refractivity contribution in [1.82, 2.24) is 0 Å². The van der Waals surface area contributed by atoms with Gasteiger partial charge in [-0.05, 0) is 55.1 Å². The third kappa shape index (κ3) is 6.75. The van der Waals surface area contributed by atoms with E-state index in [4.69, 9.17) is 5.26 Å². The Kier molecular flexibility index (Phi) is 8.39. The second-order valence-electron chi connectivity index (χ2n) is 7.09. The van der Waals surface area contributed by atoms with E-state index >= 15 is 0 Å². The maximum atomic E-state index is 8.42. The molecule has 0 radical (unpaired) electrons. The van der Waals surface area contributed by atoms with Gasteiger partial charge in [0.1, 0.15) is 0 Å². The molecule has 128 valence electrons. The van der Waals surface area contributed by atoms with Crippen LogP contribution >= 0.6 is 0 Å². The lowest BCUT2D eigenvalue weighted by Gasteiger charge is -2.28. The van der Waals surface area contributed by atoms with Crippen molar-refractivity contribution in [3.05, 3.63) is 59.7 Å². The molecule has 1 fully saturated rings. The largest absolute Gasteiger partial charge is 0.193 e. The van der Waals surface area contributed by atoms with Crippen LogP contribution in [0.15, 0.2) is 48.6 Å². The molecule has 0 aliphatic heterocycles. The molecular formula is C23H31N. The monoisotopic (exact) mass is 321 g/mol. The van der Waals surface area contributed by atoms with E-state index < -0.39 is 0 Å². The number of hydrogen-bond donors (Lipinski definition) is 0. The van der Waals surface area contributed by atoms with E-state index in [0.29, 0.717) is 0 Å². The first-order chi connectivity index (χ1) is 11.8. The summed E-state index contributed by atoms with van der Waals surface area (Å²) in [6.07, 6.45) is 19.4. The van der Waals surface area contributed by atoms with Crippen molar-refractivity contribution >= 4 is 0 Å². The van der Waals surface area contributed by atoms with Gasteiger partial charge < -0.3 is 0 Å². The van der Waals surface area contributed by atoms with Gasteiger partial charge >= 0.3 is 0 Å². The average molecular weight is 322 g/mol. The van der Waals surface area contributed by atoms with Crippen molar-refractivity contribution in [1.29, 1.82) is 5.26 Å². The van der Waals surface area contributed by atoms with Crippen molar-refractivity contribution in [3.63, 3.8) is 0 Å². The van der Waals surface area contributed by atoms with Crippen molar-refractivity contribution in [2.24, 2.45) is 11.8 Å². The lowest BCUT2D eigenvalue weighted by molar-refractivity contribution is 0.254. The molecule has 0 unspecified atom stereocenters. The SMILES string of the molecule is CCc1ccc(CCC2CCC(CCC=CC=CC#N)CC2)cc1. The second-order valence-corrected chi connectivity index (χ2v) is 7.09. The predicted octanol–water partition coefficient (Wildman–Crippen LogP) is 6.40. The molecule has 0 N–H and O–H groups in total. The molecule has 1 heteroatoms. The summed E-state index contributed by atoms with van der Waals surface area (Å²) in [6.45, 7) is 2.21. The van der Waals surface area contributed by atoms with Crippen LogP contribution < -0.4 is 0 Å². The van der Waals surface area contributed by atoms with Crippen LogP contribution in [0.1, 0.15) is 63.0 Å². The van der Waals surface area contributed by atoms with E-state index in [9.17, 15) is 0 Å². The quantitative estimate of drug-likeness (QED) is 0.401. The summed E-state index contributed by atoms with van der Waals surface area (Å²) >= 11 is 0. The van der Waals surface area contributed by atoms with Crippen LogP contribution in [0.25, 0.3) is 0 Å². The molecule has 0 spiro atoms. The van der Waals surface area contributed by atoms with Gasteiger partial charge in [0, 0.05) is 6.08 Å². The van der Waals surface area contributed by atoms with Crippen LogP contribution in [0.4, 0.5) is 0 Å². The third-order valence-corrected chi connectivity index (χ3v) is 5.40. The molecule has 24 heavy (non-hydrogen) atoms. The summed E-state index contributed by atoms with van der Waals surface area (Å²) in [6, 6.07) is 11.2. The average Bonchev–Trinajstić information content (AvgIpc) is 2.64. The molecule has 2 rings (SSSR count). The summed E-state index contributed by atoms with van der Waals surface area (Å²) in [5.74, 6) is 1.84. The predicted molar refractivity (Wildman–Crippen MR) is 103 cm³/mol. The zero-order valence-corrected chi connectivity index (χ0v) is 15.1. The number of nitrogens with zero attached hydrogens (tertiary/aromatic N) is 1. The fourth-order valence-corrected chi connectivity index (χ4v) is 3.73. The van der Waals surface area contributed by atoms with Gasteiger partial charge in [-0.3, -0.25) is 0 Å². The minimum Gasteiger partial charge on any atom is -0.193 e. The molecule has 0 aromatic heterocycles. The highest BCUT2D eigenvalue weighted by atomic mass is 14.3. The zero-order valence-electron chi connectivity index (χ0n) is 15.1. The lowest BCUT2D eigenvalue weighted by atomic mass is 9.78. The molecule has 1 nitrogen and oxygen atoms in total. The molecule has 1 aromatic carbocycles. The highest BCUT2D eigenvalue weighted by molar-refractivity contribution is 5.22. The number of rotatable bonds is 8. The van der Waals surface area contributed by atoms with Crippen LogP contribution in [-0.2, 0) is 12.8 Å². The smallest absolute Gasteiger partial charge is 0.0912 e. The minimum atomic E-state index is 0.912. The second kappa shape index (κ2) is 10.9. The van der Waals surface area contributed by atoms with Crippen molar-refractivity contribution in [2.75, 3.05) is 0 Å². The Hall–Kier alpha value is -1.81. The van der Waals surface area contributed by atoms with Crippen LogP contribution in [0.5, 0.6) is 0 Å². The Morgan fingerprint density at radius 1 is 0.958 bits per heavy atom. The van der Waals surface area contributed by atoms with Gasteiger partial charge in [0.2, 0.25) is 0 Å². The number of hydrogen-bond acceptors (Lipinski definition) is 1. The highest BCUT2D eigenvalue weighted by Crippen LogP contribution is 2.34. The van der Waals surface area contributed by atoms with Crippen LogP contribution in [0.2, 0.25) is 0 Å². The van der Waals surface area contributed by atoms with Gasteiger partial charge in [-0.1, -0.05) is 75.1 Å². The number of aryl methyl sites for hydroxylation is 2.